The van der Waals surface area contributed by atoms with Crippen LogP contribution in [0.4, 0.5) is 0 Å². The Labute approximate surface area is 104 Å². The van der Waals surface area contributed by atoms with Crippen molar-refractivity contribution in [1.29, 1.82) is 0 Å². The van der Waals surface area contributed by atoms with Crippen LogP contribution in [-0.4, -0.2) is 39.4 Å². The molecule has 4 heteroatoms. The highest BCUT2D eigenvalue weighted by atomic mass is 16.3. The fourth-order valence-electron chi connectivity index (χ4n) is 2.05. The first-order valence-corrected chi connectivity index (χ1v) is 6.34. The summed E-state index contributed by atoms with van der Waals surface area (Å²) in [7, 11) is 4.01. The van der Waals surface area contributed by atoms with Crippen LogP contribution in [0.15, 0.2) is 12.3 Å². The average molecular weight is 239 g/mol. The predicted octanol–water partition coefficient (Wildman–Crippen LogP) is 2.06. The maximum absolute atomic E-state index is 10.6. The quantitative estimate of drug-likeness (QED) is 0.826. The van der Waals surface area contributed by atoms with Gasteiger partial charge in [-0.25, -0.2) is 0 Å². The van der Waals surface area contributed by atoms with Gasteiger partial charge in [0.15, 0.2) is 0 Å². The molecule has 2 atom stereocenters. The molecule has 1 N–H and O–H groups in total. The molecule has 0 amide bonds. The van der Waals surface area contributed by atoms with E-state index < -0.39 is 6.10 Å². The largest absolute Gasteiger partial charge is 0.385 e. The highest BCUT2D eigenvalue weighted by Crippen LogP contribution is 2.32. The van der Waals surface area contributed by atoms with Gasteiger partial charge in [-0.05, 0) is 39.9 Å². The van der Waals surface area contributed by atoms with Crippen LogP contribution >= 0.6 is 0 Å². The van der Waals surface area contributed by atoms with Gasteiger partial charge in [-0.2, -0.15) is 5.10 Å². The van der Waals surface area contributed by atoms with Gasteiger partial charge in [0.25, 0.3) is 0 Å². The summed E-state index contributed by atoms with van der Waals surface area (Å²) in [6.45, 7) is 7.15. The smallest absolute Gasteiger partial charge is 0.114 e. The van der Waals surface area contributed by atoms with E-state index in [1.165, 1.54) is 0 Å². The third-order valence-electron chi connectivity index (χ3n) is 3.79. The van der Waals surface area contributed by atoms with Crippen LogP contribution in [0, 0.1) is 0 Å². The Morgan fingerprint density at radius 2 is 2.12 bits per heavy atom. The van der Waals surface area contributed by atoms with Crippen LogP contribution in [0.2, 0.25) is 0 Å². The minimum Gasteiger partial charge on any atom is -0.385 e. The summed E-state index contributed by atoms with van der Waals surface area (Å²) in [5, 5.41) is 14.9. The molecule has 0 saturated carbocycles. The summed E-state index contributed by atoms with van der Waals surface area (Å²) in [6.07, 6.45) is 3.15. The van der Waals surface area contributed by atoms with Gasteiger partial charge in [-0.15, -0.1) is 0 Å². The molecule has 0 bridgehead atoms. The SMILES string of the molecule is CCCn1nccc1C(O)C(C)(CC)N(C)C. The molecular weight excluding hydrogens is 214 g/mol. The number of rotatable bonds is 6. The summed E-state index contributed by atoms with van der Waals surface area (Å²) >= 11 is 0. The molecule has 17 heavy (non-hydrogen) atoms. The minimum absolute atomic E-state index is 0.258. The lowest BCUT2D eigenvalue weighted by atomic mass is 9.88. The van der Waals surface area contributed by atoms with Crippen molar-refractivity contribution in [2.24, 2.45) is 0 Å². The van der Waals surface area contributed by atoms with Crippen LogP contribution in [-0.2, 0) is 6.54 Å². The third-order valence-corrected chi connectivity index (χ3v) is 3.79. The second-order valence-electron chi connectivity index (χ2n) is 4.99. The van der Waals surface area contributed by atoms with Crippen LogP contribution in [0.3, 0.4) is 0 Å². The molecule has 2 unspecified atom stereocenters. The monoisotopic (exact) mass is 239 g/mol. The molecule has 1 aromatic rings. The first kappa shape index (κ1) is 14.2. The Balaban J connectivity index is 3.01. The molecule has 0 aliphatic heterocycles. The second kappa shape index (κ2) is 5.65. The predicted molar refractivity (Wildman–Crippen MR) is 69.9 cm³/mol. The van der Waals surface area contributed by atoms with Crippen molar-refractivity contribution in [2.45, 2.75) is 51.8 Å². The Hall–Kier alpha value is -0.870. The highest BCUT2D eigenvalue weighted by Gasteiger charge is 2.36. The van der Waals surface area contributed by atoms with E-state index in [1.54, 1.807) is 6.20 Å². The molecule has 1 heterocycles. The normalized spacial score (nSPS) is 17.1. The molecule has 0 aliphatic rings. The Morgan fingerprint density at radius 3 is 2.59 bits per heavy atom. The Kier molecular flexibility index (Phi) is 4.71. The molecule has 0 aliphatic carbocycles. The van der Waals surface area contributed by atoms with E-state index in [9.17, 15) is 5.11 Å². The van der Waals surface area contributed by atoms with Crippen LogP contribution in [0.5, 0.6) is 0 Å². The number of aromatic nitrogens is 2. The van der Waals surface area contributed by atoms with Crippen molar-refractivity contribution >= 4 is 0 Å². The molecular formula is C13H25N3O. The number of nitrogens with zero attached hydrogens (tertiary/aromatic N) is 3. The zero-order valence-electron chi connectivity index (χ0n) is 11.6. The summed E-state index contributed by atoms with van der Waals surface area (Å²) in [5.41, 5.74) is 0.649. The van der Waals surface area contributed by atoms with E-state index in [1.807, 2.05) is 24.8 Å². The Morgan fingerprint density at radius 1 is 1.47 bits per heavy atom. The van der Waals surface area contributed by atoms with Gasteiger partial charge < -0.3 is 10.0 Å². The fraction of sp³-hybridized carbons (Fsp3) is 0.769. The maximum atomic E-state index is 10.6. The minimum atomic E-state index is -0.517. The topological polar surface area (TPSA) is 41.3 Å². The number of aliphatic hydroxyl groups excluding tert-OH is 1. The van der Waals surface area contributed by atoms with Gasteiger partial charge in [-0.1, -0.05) is 13.8 Å². The summed E-state index contributed by atoms with van der Waals surface area (Å²) in [6, 6.07) is 1.91. The number of likely N-dealkylation sites (N-methyl/N-ethyl adjacent to an activating group) is 1. The third kappa shape index (κ3) is 2.69. The molecule has 4 nitrogen and oxygen atoms in total. The molecule has 1 aromatic heterocycles. The van der Waals surface area contributed by atoms with Crippen molar-refractivity contribution in [2.75, 3.05) is 14.1 Å². The van der Waals surface area contributed by atoms with E-state index >= 15 is 0 Å². The van der Waals surface area contributed by atoms with E-state index in [2.05, 4.69) is 30.8 Å². The highest BCUT2D eigenvalue weighted by molar-refractivity contribution is 5.11. The first-order valence-electron chi connectivity index (χ1n) is 6.34. The van der Waals surface area contributed by atoms with Gasteiger partial charge in [-0.3, -0.25) is 4.68 Å². The van der Waals surface area contributed by atoms with Gasteiger partial charge in [0.1, 0.15) is 6.10 Å². The number of aryl methyl sites for hydroxylation is 1. The van der Waals surface area contributed by atoms with Crippen LogP contribution < -0.4 is 0 Å². The lowest BCUT2D eigenvalue weighted by Gasteiger charge is -2.40. The van der Waals surface area contributed by atoms with E-state index in [-0.39, 0.29) is 5.54 Å². The molecule has 98 valence electrons. The maximum Gasteiger partial charge on any atom is 0.114 e. The molecule has 0 aromatic carbocycles. The van der Waals surface area contributed by atoms with Crippen molar-refractivity contribution in [3.05, 3.63) is 18.0 Å². The van der Waals surface area contributed by atoms with E-state index in [0.717, 1.165) is 25.1 Å². The second-order valence-corrected chi connectivity index (χ2v) is 4.99. The fourth-order valence-corrected chi connectivity index (χ4v) is 2.05. The Bertz CT molecular complexity index is 348. The first-order chi connectivity index (χ1) is 7.97. The molecule has 0 spiro atoms. The summed E-state index contributed by atoms with van der Waals surface area (Å²) in [5.74, 6) is 0. The van der Waals surface area contributed by atoms with Gasteiger partial charge >= 0.3 is 0 Å². The molecule has 1 rings (SSSR count). The lowest BCUT2D eigenvalue weighted by Crippen LogP contribution is -2.46. The van der Waals surface area contributed by atoms with E-state index in [0.29, 0.717) is 0 Å². The van der Waals surface area contributed by atoms with Gasteiger partial charge in [0.2, 0.25) is 0 Å². The van der Waals surface area contributed by atoms with Gasteiger partial charge in [0.05, 0.1) is 5.69 Å². The van der Waals surface area contributed by atoms with Gasteiger partial charge in [0, 0.05) is 18.3 Å². The summed E-state index contributed by atoms with van der Waals surface area (Å²) in [4.78, 5) is 2.08. The van der Waals surface area contributed by atoms with Crippen molar-refractivity contribution in [3.63, 3.8) is 0 Å². The number of aliphatic hydroxyl groups is 1. The number of hydrogen-bond acceptors (Lipinski definition) is 3. The van der Waals surface area contributed by atoms with Crippen LogP contribution in [0.25, 0.3) is 0 Å². The standard InChI is InChI=1S/C13H25N3O/c1-6-10-16-11(8-9-14-16)12(17)13(3,7-2)15(4)5/h8-9,12,17H,6-7,10H2,1-5H3. The average Bonchev–Trinajstić information content (AvgIpc) is 2.75. The molecule has 0 fully saturated rings. The zero-order chi connectivity index (χ0) is 13.1. The summed E-state index contributed by atoms with van der Waals surface area (Å²) < 4.78 is 1.90. The van der Waals surface area contributed by atoms with Crippen molar-refractivity contribution in [3.8, 4) is 0 Å². The van der Waals surface area contributed by atoms with E-state index in [4.69, 9.17) is 0 Å². The zero-order valence-corrected chi connectivity index (χ0v) is 11.6. The lowest BCUT2D eigenvalue weighted by molar-refractivity contribution is -0.00449. The van der Waals surface area contributed by atoms with Crippen molar-refractivity contribution < 1.29 is 5.11 Å². The van der Waals surface area contributed by atoms with Crippen molar-refractivity contribution in [1.82, 2.24) is 14.7 Å². The molecule has 0 radical (unpaired) electrons. The van der Waals surface area contributed by atoms with Crippen LogP contribution in [0.1, 0.15) is 45.4 Å². The number of hydrogen-bond donors (Lipinski definition) is 1. The molecule has 0 saturated heterocycles.